The highest BCUT2D eigenvalue weighted by Gasteiger charge is 2.08. The van der Waals surface area contributed by atoms with Crippen LogP contribution >= 0.6 is 0 Å². The lowest BCUT2D eigenvalue weighted by Gasteiger charge is -2.11. The molecule has 2 rings (SSSR count). The Labute approximate surface area is 114 Å². The molecule has 0 aliphatic rings. The van der Waals surface area contributed by atoms with E-state index in [1.165, 1.54) is 0 Å². The summed E-state index contributed by atoms with van der Waals surface area (Å²) < 4.78 is 7.44. The van der Waals surface area contributed by atoms with Gasteiger partial charge in [0.1, 0.15) is 11.6 Å². The smallest absolute Gasteiger partial charge is 0.122 e. The van der Waals surface area contributed by atoms with Gasteiger partial charge in [-0.25, -0.2) is 0 Å². The van der Waals surface area contributed by atoms with E-state index in [0.717, 1.165) is 29.2 Å². The minimum Gasteiger partial charge on any atom is -0.493 e. The topological polar surface area (TPSA) is 53.1 Å². The lowest BCUT2D eigenvalue weighted by molar-refractivity contribution is 0.269. The number of hydrogen-bond donors (Lipinski definition) is 1. The van der Waals surface area contributed by atoms with Crippen LogP contribution in [-0.4, -0.2) is 16.4 Å². The predicted octanol–water partition coefficient (Wildman–Crippen LogP) is 3.01. The molecule has 0 aliphatic carbocycles. The molecule has 1 aromatic heterocycles. The summed E-state index contributed by atoms with van der Waals surface area (Å²) in [5.74, 6) is 2.11. The number of nitrogens with two attached hydrogens (primary N) is 1. The van der Waals surface area contributed by atoms with Gasteiger partial charge in [-0.05, 0) is 36.6 Å². The second-order valence-corrected chi connectivity index (χ2v) is 5.26. The monoisotopic (exact) mass is 259 g/mol. The normalized spacial score (nSPS) is 11.0. The van der Waals surface area contributed by atoms with Gasteiger partial charge >= 0.3 is 0 Å². The standard InChI is InChI=1S/C15H21N3O/c1-10(2)9-19-14-6-5-12(7-11(14)3)13-8-15(16)18(4)17-13/h5-8,10H,9,16H2,1-4H3. The maximum absolute atomic E-state index is 5.80. The summed E-state index contributed by atoms with van der Waals surface area (Å²) >= 11 is 0. The SMILES string of the molecule is Cc1cc(-c2cc(N)n(C)n2)ccc1OCC(C)C. The Morgan fingerprint density at radius 3 is 2.58 bits per heavy atom. The number of aromatic nitrogens is 2. The molecule has 0 saturated heterocycles. The van der Waals surface area contributed by atoms with Crippen LogP contribution in [0.5, 0.6) is 5.75 Å². The third-order valence-corrected chi connectivity index (χ3v) is 2.96. The molecule has 2 N–H and O–H groups in total. The molecule has 0 radical (unpaired) electrons. The fourth-order valence-electron chi connectivity index (χ4n) is 1.85. The summed E-state index contributed by atoms with van der Waals surface area (Å²) in [5, 5.41) is 4.38. The molecule has 4 heteroatoms. The molecule has 102 valence electrons. The molecule has 0 unspecified atom stereocenters. The highest BCUT2D eigenvalue weighted by Crippen LogP contribution is 2.26. The average Bonchev–Trinajstić information content (AvgIpc) is 2.68. The van der Waals surface area contributed by atoms with Crippen molar-refractivity contribution in [3.05, 3.63) is 29.8 Å². The van der Waals surface area contributed by atoms with Gasteiger partial charge in [-0.1, -0.05) is 13.8 Å². The zero-order chi connectivity index (χ0) is 14.0. The number of nitrogen functional groups attached to an aromatic ring is 1. The van der Waals surface area contributed by atoms with Crippen LogP contribution in [0.15, 0.2) is 24.3 Å². The number of nitrogens with zero attached hydrogens (tertiary/aromatic N) is 2. The summed E-state index contributed by atoms with van der Waals surface area (Å²) in [6.45, 7) is 7.06. The number of anilines is 1. The van der Waals surface area contributed by atoms with Crippen molar-refractivity contribution in [3.63, 3.8) is 0 Å². The van der Waals surface area contributed by atoms with Gasteiger partial charge in [-0.15, -0.1) is 0 Å². The first kappa shape index (κ1) is 13.5. The van der Waals surface area contributed by atoms with E-state index in [1.807, 2.05) is 32.2 Å². The molecule has 0 spiro atoms. The zero-order valence-electron chi connectivity index (χ0n) is 12.0. The summed E-state index contributed by atoms with van der Waals surface area (Å²) in [6.07, 6.45) is 0. The van der Waals surface area contributed by atoms with Gasteiger partial charge in [0.05, 0.1) is 12.3 Å². The van der Waals surface area contributed by atoms with Gasteiger partial charge in [-0.3, -0.25) is 4.68 Å². The third-order valence-electron chi connectivity index (χ3n) is 2.96. The van der Waals surface area contributed by atoms with Crippen LogP contribution in [-0.2, 0) is 7.05 Å². The van der Waals surface area contributed by atoms with Crippen LogP contribution in [0, 0.1) is 12.8 Å². The minimum atomic E-state index is 0.523. The van der Waals surface area contributed by atoms with Crippen molar-refractivity contribution < 1.29 is 4.74 Å². The Hall–Kier alpha value is -1.97. The number of hydrogen-bond acceptors (Lipinski definition) is 3. The fourth-order valence-corrected chi connectivity index (χ4v) is 1.85. The Bertz CT molecular complexity index is 553. The lowest BCUT2D eigenvalue weighted by Crippen LogP contribution is -2.05. The Balaban J connectivity index is 2.23. The highest BCUT2D eigenvalue weighted by atomic mass is 16.5. The molecular weight excluding hydrogens is 238 g/mol. The minimum absolute atomic E-state index is 0.523. The van der Waals surface area contributed by atoms with Crippen LogP contribution in [0.2, 0.25) is 0 Å². The molecule has 1 heterocycles. The summed E-state index contributed by atoms with van der Waals surface area (Å²) in [7, 11) is 1.84. The van der Waals surface area contributed by atoms with Crippen LogP contribution in [0.4, 0.5) is 5.82 Å². The summed E-state index contributed by atoms with van der Waals surface area (Å²) in [6, 6.07) is 7.98. The summed E-state index contributed by atoms with van der Waals surface area (Å²) in [4.78, 5) is 0. The second kappa shape index (κ2) is 5.34. The maximum Gasteiger partial charge on any atom is 0.122 e. The first-order chi connectivity index (χ1) is 8.97. The van der Waals surface area contributed by atoms with Gasteiger partial charge in [0.25, 0.3) is 0 Å². The highest BCUT2D eigenvalue weighted by molar-refractivity contribution is 5.64. The molecule has 0 aliphatic heterocycles. The van der Waals surface area contributed by atoms with Crippen molar-refractivity contribution in [2.24, 2.45) is 13.0 Å². The molecule has 2 aromatic rings. The molecule has 0 amide bonds. The van der Waals surface area contributed by atoms with Crippen LogP contribution < -0.4 is 10.5 Å². The molecule has 1 aromatic carbocycles. The number of benzene rings is 1. The first-order valence-corrected chi connectivity index (χ1v) is 6.50. The van der Waals surface area contributed by atoms with Crippen LogP contribution in [0.1, 0.15) is 19.4 Å². The first-order valence-electron chi connectivity index (χ1n) is 6.50. The number of ether oxygens (including phenoxy) is 1. The maximum atomic E-state index is 5.80. The Kier molecular flexibility index (Phi) is 3.79. The van der Waals surface area contributed by atoms with E-state index in [-0.39, 0.29) is 0 Å². The van der Waals surface area contributed by atoms with Crippen molar-refractivity contribution in [1.29, 1.82) is 0 Å². The van der Waals surface area contributed by atoms with E-state index in [0.29, 0.717) is 11.7 Å². The van der Waals surface area contributed by atoms with Gasteiger partial charge in [-0.2, -0.15) is 5.10 Å². The van der Waals surface area contributed by atoms with E-state index < -0.39 is 0 Å². The number of aryl methyl sites for hydroxylation is 2. The van der Waals surface area contributed by atoms with Gasteiger partial charge < -0.3 is 10.5 Å². The van der Waals surface area contributed by atoms with Gasteiger partial charge in [0.2, 0.25) is 0 Å². The third kappa shape index (κ3) is 3.08. The molecular formula is C15H21N3O. The van der Waals surface area contributed by atoms with E-state index in [9.17, 15) is 0 Å². The van der Waals surface area contributed by atoms with E-state index >= 15 is 0 Å². The molecule has 0 fully saturated rings. The molecule has 0 bridgehead atoms. The van der Waals surface area contributed by atoms with E-state index in [4.69, 9.17) is 10.5 Å². The second-order valence-electron chi connectivity index (χ2n) is 5.26. The molecule has 19 heavy (non-hydrogen) atoms. The lowest BCUT2D eigenvalue weighted by atomic mass is 10.1. The van der Waals surface area contributed by atoms with Crippen molar-refractivity contribution in [2.45, 2.75) is 20.8 Å². The van der Waals surface area contributed by atoms with Crippen molar-refractivity contribution >= 4 is 5.82 Å². The average molecular weight is 259 g/mol. The molecule has 0 atom stereocenters. The van der Waals surface area contributed by atoms with Gasteiger partial charge in [0, 0.05) is 18.7 Å². The van der Waals surface area contributed by atoms with Gasteiger partial charge in [0.15, 0.2) is 0 Å². The molecule has 4 nitrogen and oxygen atoms in total. The van der Waals surface area contributed by atoms with Crippen molar-refractivity contribution in [1.82, 2.24) is 9.78 Å². The zero-order valence-corrected chi connectivity index (χ0v) is 12.0. The van der Waals surface area contributed by atoms with Crippen LogP contribution in [0.25, 0.3) is 11.3 Å². The largest absolute Gasteiger partial charge is 0.493 e. The van der Waals surface area contributed by atoms with E-state index in [2.05, 4.69) is 25.0 Å². The Morgan fingerprint density at radius 2 is 2.05 bits per heavy atom. The molecule has 0 saturated carbocycles. The van der Waals surface area contributed by atoms with Crippen LogP contribution in [0.3, 0.4) is 0 Å². The summed E-state index contributed by atoms with van der Waals surface area (Å²) in [5.41, 5.74) is 8.86. The Morgan fingerprint density at radius 1 is 1.32 bits per heavy atom. The number of rotatable bonds is 4. The fraction of sp³-hybridized carbons (Fsp3) is 0.400. The van der Waals surface area contributed by atoms with Crippen molar-refractivity contribution in [3.8, 4) is 17.0 Å². The van der Waals surface area contributed by atoms with Crippen molar-refractivity contribution in [2.75, 3.05) is 12.3 Å². The van der Waals surface area contributed by atoms with E-state index in [1.54, 1.807) is 4.68 Å². The quantitative estimate of drug-likeness (QED) is 0.918. The predicted molar refractivity (Wildman–Crippen MR) is 78.1 cm³/mol.